The zero-order chi connectivity index (χ0) is 23.6. The highest BCUT2D eigenvalue weighted by Crippen LogP contribution is 2.82. The molecule has 2 heteroatoms. The molecule has 0 radical (unpaired) electrons. The molecule has 0 aromatic heterocycles. The Hall–Kier alpha value is -0.340. The number of rotatable bonds is 8. The number of allylic oxidation sites excluding steroid dienone is 2. The van der Waals surface area contributed by atoms with E-state index in [1.165, 1.54) is 64.2 Å². The standard InChI is InChI=1S/C31H52O2/c1-7-8-22(21(3)19-32)10-9-20(2)25-11-12-26-24-17-28(33-6)31-18-23(31)13-16-30(31,5)27(24)14-15-29(25,26)4/h9-10,20-28,32H,7-8,11-19H2,1-6H3/b10-9+/t20-,21+,22-,23-,24+,25-,26+,27+,28-,29-,30-,31+/m1/s1. The van der Waals surface area contributed by atoms with Crippen molar-refractivity contribution in [3.63, 3.8) is 0 Å². The molecule has 1 spiro atoms. The van der Waals surface area contributed by atoms with Gasteiger partial charge in [0.2, 0.25) is 0 Å². The number of methoxy groups -OCH3 is 1. The summed E-state index contributed by atoms with van der Waals surface area (Å²) in [7, 11) is 2.01. The van der Waals surface area contributed by atoms with Crippen LogP contribution in [0.1, 0.15) is 98.8 Å². The molecule has 0 aliphatic heterocycles. The third-order valence-electron chi connectivity index (χ3n) is 12.8. The summed E-state index contributed by atoms with van der Waals surface area (Å²) in [5.41, 5.74) is 1.58. The molecule has 33 heavy (non-hydrogen) atoms. The number of hydrogen-bond acceptors (Lipinski definition) is 2. The zero-order valence-corrected chi connectivity index (χ0v) is 22.5. The van der Waals surface area contributed by atoms with Gasteiger partial charge >= 0.3 is 0 Å². The molecule has 5 fully saturated rings. The molecule has 0 aromatic rings. The normalized spacial score (nSPS) is 50.9. The Kier molecular flexibility index (Phi) is 6.38. The molecule has 0 amide bonds. The topological polar surface area (TPSA) is 29.5 Å². The van der Waals surface area contributed by atoms with Crippen LogP contribution >= 0.6 is 0 Å². The minimum absolute atomic E-state index is 0.303. The maximum atomic E-state index is 9.72. The van der Waals surface area contributed by atoms with Crippen LogP contribution in [0.4, 0.5) is 0 Å². The van der Waals surface area contributed by atoms with Gasteiger partial charge in [-0.1, -0.05) is 53.2 Å². The van der Waals surface area contributed by atoms with Crippen molar-refractivity contribution in [1.29, 1.82) is 0 Å². The lowest BCUT2D eigenvalue weighted by atomic mass is 9.45. The van der Waals surface area contributed by atoms with Crippen LogP contribution in [0.25, 0.3) is 0 Å². The van der Waals surface area contributed by atoms with Crippen LogP contribution in [-0.4, -0.2) is 24.9 Å². The highest BCUT2D eigenvalue weighted by molar-refractivity contribution is 5.26. The quantitative estimate of drug-likeness (QED) is 0.383. The second-order valence-electron chi connectivity index (χ2n) is 13.8. The van der Waals surface area contributed by atoms with Crippen LogP contribution in [-0.2, 0) is 4.74 Å². The molecule has 5 aliphatic carbocycles. The molecule has 0 saturated heterocycles. The highest BCUT2D eigenvalue weighted by atomic mass is 16.5. The molecule has 12 atom stereocenters. The van der Waals surface area contributed by atoms with Gasteiger partial charge in [-0.05, 0) is 116 Å². The van der Waals surface area contributed by atoms with Crippen LogP contribution in [0.2, 0.25) is 0 Å². The molecule has 188 valence electrons. The van der Waals surface area contributed by atoms with E-state index in [0.717, 1.165) is 29.6 Å². The van der Waals surface area contributed by atoms with Crippen molar-refractivity contribution >= 4 is 0 Å². The number of hydrogen-bond donors (Lipinski definition) is 1. The van der Waals surface area contributed by atoms with E-state index in [1.54, 1.807) is 0 Å². The molecule has 0 unspecified atom stereocenters. The van der Waals surface area contributed by atoms with E-state index >= 15 is 0 Å². The van der Waals surface area contributed by atoms with Crippen LogP contribution in [0.15, 0.2) is 12.2 Å². The van der Waals surface area contributed by atoms with Crippen molar-refractivity contribution in [1.82, 2.24) is 0 Å². The zero-order valence-electron chi connectivity index (χ0n) is 22.5. The summed E-state index contributed by atoms with van der Waals surface area (Å²) in [5.74, 6) is 6.04. The van der Waals surface area contributed by atoms with E-state index in [-0.39, 0.29) is 0 Å². The fourth-order valence-corrected chi connectivity index (χ4v) is 11.0. The Labute approximate surface area is 204 Å². The van der Waals surface area contributed by atoms with Gasteiger partial charge in [0.05, 0.1) is 6.10 Å². The smallest absolute Gasteiger partial charge is 0.0638 e. The molecular formula is C31H52O2. The van der Waals surface area contributed by atoms with E-state index in [1.807, 2.05) is 7.11 Å². The van der Waals surface area contributed by atoms with Crippen LogP contribution in [0.5, 0.6) is 0 Å². The fourth-order valence-electron chi connectivity index (χ4n) is 11.0. The molecule has 0 heterocycles. The summed E-state index contributed by atoms with van der Waals surface area (Å²) in [6.45, 7) is 12.6. The monoisotopic (exact) mass is 456 g/mol. The summed E-state index contributed by atoms with van der Waals surface area (Å²) in [5, 5.41) is 9.72. The maximum Gasteiger partial charge on any atom is 0.0638 e. The van der Waals surface area contributed by atoms with Gasteiger partial charge in [0.1, 0.15) is 0 Å². The molecule has 1 N–H and O–H groups in total. The van der Waals surface area contributed by atoms with Crippen molar-refractivity contribution in [2.45, 2.75) is 105 Å². The van der Waals surface area contributed by atoms with Crippen LogP contribution < -0.4 is 0 Å². The molecule has 5 aliphatic rings. The number of fused-ring (bicyclic) bond motifs is 4. The van der Waals surface area contributed by atoms with E-state index in [0.29, 0.717) is 46.7 Å². The molecular weight excluding hydrogens is 404 g/mol. The van der Waals surface area contributed by atoms with Crippen LogP contribution in [0.3, 0.4) is 0 Å². The number of aliphatic hydroxyl groups excluding tert-OH is 1. The Morgan fingerprint density at radius 1 is 1.03 bits per heavy atom. The minimum atomic E-state index is 0.303. The van der Waals surface area contributed by atoms with Crippen molar-refractivity contribution in [3.8, 4) is 0 Å². The fraction of sp³-hybridized carbons (Fsp3) is 0.935. The lowest BCUT2D eigenvalue weighted by Gasteiger charge is -2.61. The van der Waals surface area contributed by atoms with Gasteiger partial charge in [0.15, 0.2) is 0 Å². The summed E-state index contributed by atoms with van der Waals surface area (Å²) < 4.78 is 6.31. The molecule has 2 nitrogen and oxygen atoms in total. The van der Waals surface area contributed by atoms with Gasteiger partial charge in [-0.25, -0.2) is 0 Å². The second-order valence-corrected chi connectivity index (χ2v) is 13.8. The minimum Gasteiger partial charge on any atom is -0.396 e. The van der Waals surface area contributed by atoms with E-state index in [2.05, 4.69) is 46.8 Å². The van der Waals surface area contributed by atoms with Gasteiger partial charge < -0.3 is 9.84 Å². The summed E-state index contributed by atoms with van der Waals surface area (Å²) in [6, 6.07) is 0. The molecule has 5 rings (SSSR count). The van der Waals surface area contributed by atoms with E-state index < -0.39 is 0 Å². The van der Waals surface area contributed by atoms with Gasteiger partial charge in [0.25, 0.3) is 0 Å². The number of ether oxygens (including phenoxy) is 1. The van der Waals surface area contributed by atoms with Crippen molar-refractivity contribution < 1.29 is 9.84 Å². The Morgan fingerprint density at radius 3 is 2.48 bits per heavy atom. The van der Waals surface area contributed by atoms with Gasteiger partial charge in [-0.2, -0.15) is 0 Å². The molecule has 5 saturated carbocycles. The Balaban J connectivity index is 1.34. The molecule has 0 bridgehead atoms. The molecule has 0 aromatic carbocycles. The third kappa shape index (κ3) is 3.39. The lowest BCUT2D eigenvalue weighted by Crippen LogP contribution is -2.57. The SMILES string of the molecule is CCC[C@H](/C=C/[C@@H](C)[C@H]1CC[C@H]2[C@@H]3C[C@@H](OC)[C@]45C[C@H]4CC[C@]5(C)[C@H]3CC[C@]12C)[C@@H](C)CO. The summed E-state index contributed by atoms with van der Waals surface area (Å²) in [4.78, 5) is 0. The first-order chi connectivity index (χ1) is 15.8. The lowest BCUT2D eigenvalue weighted by molar-refractivity contribution is -0.160. The predicted molar refractivity (Wildman–Crippen MR) is 137 cm³/mol. The maximum absolute atomic E-state index is 9.72. The van der Waals surface area contributed by atoms with Crippen molar-refractivity contribution in [2.75, 3.05) is 13.7 Å². The summed E-state index contributed by atoms with van der Waals surface area (Å²) in [6.07, 6.45) is 19.4. The average Bonchev–Trinajstić information content (AvgIpc) is 3.31. The van der Waals surface area contributed by atoms with Gasteiger partial charge in [-0.15, -0.1) is 0 Å². The van der Waals surface area contributed by atoms with Crippen LogP contribution in [0, 0.1) is 63.6 Å². The van der Waals surface area contributed by atoms with E-state index in [4.69, 9.17) is 4.74 Å². The Morgan fingerprint density at radius 2 is 1.82 bits per heavy atom. The third-order valence-corrected chi connectivity index (χ3v) is 12.8. The second kappa shape index (κ2) is 8.65. The Bertz CT molecular complexity index is 745. The largest absolute Gasteiger partial charge is 0.396 e. The predicted octanol–water partition coefficient (Wildman–Crippen LogP) is 7.51. The van der Waals surface area contributed by atoms with Crippen molar-refractivity contribution in [2.24, 2.45) is 63.6 Å². The first kappa shape index (κ1) is 24.4. The van der Waals surface area contributed by atoms with Gasteiger partial charge in [-0.3, -0.25) is 0 Å². The van der Waals surface area contributed by atoms with E-state index in [9.17, 15) is 5.11 Å². The highest BCUT2D eigenvalue weighted by Gasteiger charge is 2.77. The first-order valence-electron chi connectivity index (χ1n) is 14.6. The first-order valence-corrected chi connectivity index (χ1v) is 14.6. The summed E-state index contributed by atoms with van der Waals surface area (Å²) >= 11 is 0. The average molecular weight is 457 g/mol. The number of aliphatic hydroxyl groups is 1. The van der Waals surface area contributed by atoms with Gasteiger partial charge in [0, 0.05) is 19.1 Å². The van der Waals surface area contributed by atoms with Crippen molar-refractivity contribution in [3.05, 3.63) is 12.2 Å².